The van der Waals surface area contributed by atoms with Crippen molar-refractivity contribution in [2.45, 2.75) is 57.0 Å². The molecule has 0 spiro atoms. The first-order chi connectivity index (χ1) is 18.2. The second kappa shape index (κ2) is 11.3. The molecular weight excluding hydrogens is 500 g/mol. The van der Waals surface area contributed by atoms with Crippen molar-refractivity contribution in [2.24, 2.45) is 5.92 Å². The fraction of sp³-hybridized carbons (Fsp3) is 0.607. The van der Waals surface area contributed by atoms with E-state index in [-0.39, 0.29) is 11.9 Å². The van der Waals surface area contributed by atoms with Crippen LogP contribution in [0.15, 0.2) is 36.7 Å². The number of aromatic nitrogens is 2. The van der Waals surface area contributed by atoms with E-state index in [9.17, 15) is 13.2 Å². The summed E-state index contributed by atoms with van der Waals surface area (Å²) >= 11 is 0. The number of rotatable bonds is 8. The molecule has 1 saturated carbocycles. The molecule has 5 rings (SSSR count). The summed E-state index contributed by atoms with van der Waals surface area (Å²) in [7, 11) is -1.47. The minimum Gasteiger partial charge on any atom is -0.369 e. The van der Waals surface area contributed by atoms with Crippen LogP contribution < -0.4 is 5.32 Å². The molecule has 1 N–H and O–H groups in total. The first kappa shape index (κ1) is 27.0. The number of sulfonamides is 1. The Morgan fingerprint density at radius 1 is 1.05 bits per heavy atom. The van der Waals surface area contributed by atoms with Gasteiger partial charge in [-0.25, -0.2) is 22.7 Å². The summed E-state index contributed by atoms with van der Waals surface area (Å²) in [5.74, 6) is 1.91. The topological polar surface area (TPSA) is 98.7 Å². The van der Waals surface area contributed by atoms with Gasteiger partial charge in [0.1, 0.15) is 17.8 Å². The van der Waals surface area contributed by atoms with Gasteiger partial charge in [-0.3, -0.25) is 4.79 Å². The summed E-state index contributed by atoms with van der Waals surface area (Å²) in [6.07, 6.45) is 7.50. The maximum absolute atomic E-state index is 13.4. The normalized spacial score (nSPS) is 23.5. The number of anilines is 1. The van der Waals surface area contributed by atoms with E-state index in [1.165, 1.54) is 28.9 Å². The molecule has 3 aliphatic rings. The highest BCUT2D eigenvalue weighted by Crippen LogP contribution is 2.47. The smallest absolute Gasteiger partial charge is 0.272 e. The van der Waals surface area contributed by atoms with Crippen molar-refractivity contribution in [3.8, 4) is 0 Å². The fourth-order valence-corrected chi connectivity index (χ4v) is 6.88. The monoisotopic (exact) mass is 540 g/mol. The van der Waals surface area contributed by atoms with Gasteiger partial charge in [0.15, 0.2) is 0 Å². The van der Waals surface area contributed by atoms with Gasteiger partial charge in [-0.2, -0.15) is 0 Å². The molecule has 3 fully saturated rings. The van der Waals surface area contributed by atoms with Crippen LogP contribution in [0.5, 0.6) is 0 Å². The molecule has 3 heterocycles. The Bertz CT molecular complexity index is 1220. The van der Waals surface area contributed by atoms with Crippen LogP contribution in [-0.2, 0) is 10.0 Å². The Balaban J connectivity index is 1.11. The summed E-state index contributed by atoms with van der Waals surface area (Å²) < 4.78 is 25.3. The highest BCUT2D eigenvalue weighted by Gasteiger charge is 2.38. The lowest BCUT2D eigenvalue weighted by Gasteiger charge is -2.43. The fourth-order valence-electron chi connectivity index (χ4n) is 6.12. The van der Waals surface area contributed by atoms with Crippen molar-refractivity contribution in [2.75, 3.05) is 51.3 Å². The number of carbonyl (C=O) groups is 1. The van der Waals surface area contributed by atoms with E-state index in [0.717, 1.165) is 56.7 Å². The summed E-state index contributed by atoms with van der Waals surface area (Å²) in [5, 5.41) is 3.47. The Labute approximate surface area is 226 Å². The Morgan fingerprint density at radius 3 is 2.39 bits per heavy atom. The largest absolute Gasteiger partial charge is 0.369 e. The highest BCUT2D eigenvalue weighted by molar-refractivity contribution is 7.88. The minimum atomic E-state index is -3.16. The molecule has 2 saturated heterocycles. The highest BCUT2D eigenvalue weighted by atomic mass is 32.2. The predicted molar refractivity (Wildman–Crippen MR) is 149 cm³/mol. The first-order valence-electron chi connectivity index (χ1n) is 13.8. The molecule has 2 aliphatic heterocycles. The van der Waals surface area contributed by atoms with Crippen molar-refractivity contribution in [1.82, 2.24) is 24.1 Å². The Hall–Kier alpha value is -2.56. The molecule has 0 bridgehead atoms. The number of piperidine rings is 2. The number of hydrogen-bond donors (Lipinski definition) is 1. The SMILES string of the molecule is Cc1c(NCC2CC2c2ccccc2)ncnc1C(=O)N1CCC(N2CCC(N(C)S(C)(=O)=O)CC2)CC1. The number of nitrogens with one attached hydrogen (secondary N) is 1. The van der Waals surface area contributed by atoms with Crippen molar-refractivity contribution in [3.63, 3.8) is 0 Å². The molecule has 9 nitrogen and oxygen atoms in total. The average molecular weight is 541 g/mol. The molecule has 2 aromatic rings. The zero-order chi connectivity index (χ0) is 26.9. The molecule has 2 atom stereocenters. The van der Waals surface area contributed by atoms with E-state index >= 15 is 0 Å². The van der Waals surface area contributed by atoms with Gasteiger partial charge >= 0.3 is 0 Å². The van der Waals surface area contributed by atoms with Crippen LogP contribution in [0.25, 0.3) is 0 Å². The lowest BCUT2D eigenvalue weighted by Crippen LogP contribution is -2.52. The molecule has 1 amide bonds. The van der Waals surface area contributed by atoms with Gasteiger partial charge in [-0.1, -0.05) is 30.3 Å². The number of nitrogens with zero attached hydrogens (tertiary/aromatic N) is 5. The van der Waals surface area contributed by atoms with E-state index in [0.29, 0.717) is 36.7 Å². The van der Waals surface area contributed by atoms with Gasteiger partial charge < -0.3 is 15.1 Å². The third kappa shape index (κ3) is 6.02. The molecule has 10 heteroatoms. The van der Waals surface area contributed by atoms with Crippen LogP contribution in [0.2, 0.25) is 0 Å². The van der Waals surface area contributed by atoms with Crippen LogP contribution >= 0.6 is 0 Å². The van der Waals surface area contributed by atoms with Gasteiger partial charge in [0.05, 0.1) is 6.26 Å². The predicted octanol–water partition coefficient (Wildman–Crippen LogP) is 2.96. The Morgan fingerprint density at radius 2 is 1.74 bits per heavy atom. The van der Waals surface area contributed by atoms with Gasteiger partial charge in [0, 0.05) is 44.3 Å². The number of likely N-dealkylation sites (tertiary alicyclic amines) is 2. The van der Waals surface area contributed by atoms with Crippen LogP contribution in [0, 0.1) is 12.8 Å². The molecule has 2 unspecified atom stereocenters. The van der Waals surface area contributed by atoms with Crippen LogP contribution in [0.1, 0.15) is 59.6 Å². The summed E-state index contributed by atoms with van der Waals surface area (Å²) in [4.78, 5) is 26.6. The maximum atomic E-state index is 13.4. The number of benzene rings is 1. The molecular formula is C28H40N6O3S. The molecule has 1 aromatic carbocycles. The number of carbonyl (C=O) groups excluding carboxylic acids is 1. The van der Waals surface area contributed by atoms with Crippen LogP contribution in [-0.4, -0.2) is 96.5 Å². The van der Waals surface area contributed by atoms with Crippen molar-refractivity contribution >= 4 is 21.7 Å². The van der Waals surface area contributed by atoms with Crippen molar-refractivity contribution < 1.29 is 13.2 Å². The zero-order valence-corrected chi connectivity index (χ0v) is 23.5. The van der Waals surface area contributed by atoms with E-state index in [4.69, 9.17) is 0 Å². The second-order valence-electron chi connectivity index (χ2n) is 11.2. The lowest BCUT2D eigenvalue weighted by atomic mass is 9.97. The molecule has 1 aliphatic carbocycles. The Kier molecular flexibility index (Phi) is 8.02. The van der Waals surface area contributed by atoms with Crippen molar-refractivity contribution in [1.29, 1.82) is 0 Å². The number of hydrogen-bond acceptors (Lipinski definition) is 7. The van der Waals surface area contributed by atoms with E-state index in [2.05, 4.69) is 50.5 Å². The van der Waals surface area contributed by atoms with E-state index in [1.807, 2.05) is 11.8 Å². The van der Waals surface area contributed by atoms with Crippen LogP contribution in [0.3, 0.4) is 0 Å². The van der Waals surface area contributed by atoms with Gasteiger partial charge in [-0.15, -0.1) is 0 Å². The molecule has 206 valence electrons. The zero-order valence-electron chi connectivity index (χ0n) is 22.7. The minimum absolute atomic E-state index is 0.0199. The number of amides is 1. The van der Waals surface area contributed by atoms with E-state index < -0.39 is 10.0 Å². The third-order valence-corrected chi connectivity index (χ3v) is 10.1. The second-order valence-corrected chi connectivity index (χ2v) is 13.2. The van der Waals surface area contributed by atoms with Crippen LogP contribution in [0.4, 0.5) is 5.82 Å². The molecule has 38 heavy (non-hydrogen) atoms. The summed E-state index contributed by atoms with van der Waals surface area (Å²) in [5.41, 5.74) is 2.69. The van der Waals surface area contributed by atoms with Gasteiger partial charge in [0.2, 0.25) is 10.0 Å². The average Bonchev–Trinajstić information content (AvgIpc) is 3.72. The third-order valence-electron chi connectivity index (χ3n) is 8.77. The molecule has 1 aromatic heterocycles. The standard InChI is InChI=1S/C28H40N6O3S/c1-20-26(30-19-31-27(20)29-18-22-17-25(22)21-7-5-4-6-8-21)28(35)34-15-11-24(12-16-34)33-13-9-23(10-14-33)32(2)38(3,36)37/h4-8,19,22-25H,9-18H2,1-3H3,(H,29,30,31). The van der Waals surface area contributed by atoms with E-state index in [1.54, 1.807) is 7.05 Å². The molecule has 0 radical (unpaired) electrons. The lowest BCUT2D eigenvalue weighted by molar-refractivity contribution is 0.0542. The summed E-state index contributed by atoms with van der Waals surface area (Å²) in [6, 6.07) is 11.1. The van der Waals surface area contributed by atoms with Gasteiger partial charge in [0.25, 0.3) is 5.91 Å². The van der Waals surface area contributed by atoms with Gasteiger partial charge in [-0.05, 0) is 69.5 Å². The first-order valence-corrected chi connectivity index (χ1v) is 15.6. The summed E-state index contributed by atoms with van der Waals surface area (Å²) in [6.45, 7) is 5.98. The van der Waals surface area contributed by atoms with Crippen molar-refractivity contribution in [3.05, 3.63) is 53.5 Å². The quantitative estimate of drug-likeness (QED) is 0.550. The maximum Gasteiger partial charge on any atom is 0.272 e.